The molecular formula is C15H25NO. The molecule has 0 unspecified atom stereocenters. The Morgan fingerprint density at radius 1 is 1.12 bits per heavy atom. The molecule has 0 aliphatic carbocycles. The number of aryl methyl sites for hydroxylation is 2. The first-order chi connectivity index (χ1) is 8.17. The maximum absolute atomic E-state index is 5.83. The number of hydrogen-bond donors (Lipinski definition) is 0. The highest BCUT2D eigenvalue weighted by Gasteiger charge is 2.01. The maximum atomic E-state index is 5.83. The molecule has 0 aliphatic rings. The topological polar surface area (TPSA) is 12.5 Å². The van der Waals surface area contributed by atoms with E-state index in [-0.39, 0.29) is 0 Å². The molecule has 0 fully saturated rings. The highest BCUT2D eigenvalue weighted by atomic mass is 16.5. The van der Waals surface area contributed by atoms with E-state index in [1.54, 1.807) is 0 Å². The summed E-state index contributed by atoms with van der Waals surface area (Å²) in [4.78, 5) is 2.42. The summed E-state index contributed by atoms with van der Waals surface area (Å²) in [7, 11) is 0. The van der Waals surface area contributed by atoms with Crippen LogP contribution in [0.1, 0.15) is 31.4 Å². The molecule has 2 heteroatoms. The minimum absolute atomic E-state index is 0.806. The second kappa shape index (κ2) is 7.33. The lowest BCUT2D eigenvalue weighted by atomic mass is 10.1. The van der Waals surface area contributed by atoms with E-state index < -0.39 is 0 Å². The highest BCUT2D eigenvalue weighted by Crippen LogP contribution is 2.19. The smallest absolute Gasteiger partial charge is 0.122 e. The van der Waals surface area contributed by atoms with E-state index >= 15 is 0 Å². The fourth-order valence-electron chi connectivity index (χ4n) is 1.87. The van der Waals surface area contributed by atoms with Crippen LogP contribution in [0.3, 0.4) is 0 Å². The van der Waals surface area contributed by atoms with Gasteiger partial charge in [0.15, 0.2) is 0 Å². The minimum atomic E-state index is 0.806. The largest absolute Gasteiger partial charge is 0.493 e. The van der Waals surface area contributed by atoms with Crippen LogP contribution in [-0.2, 0) is 0 Å². The molecule has 0 amide bonds. The Bertz CT molecular complexity index is 332. The summed E-state index contributed by atoms with van der Waals surface area (Å²) in [5.41, 5.74) is 2.48. The van der Waals surface area contributed by atoms with Crippen LogP contribution in [0, 0.1) is 13.8 Å². The lowest BCUT2D eigenvalue weighted by Gasteiger charge is -2.18. The van der Waals surface area contributed by atoms with Gasteiger partial charge < -0.3 is 9.64 Å². The van der Waals surface area contributed by atoms with Crippen LogP contribution in [-0.4, -0.2) is 31.1 Å². The predicted octanol–water partition coefficient (Wildman–Crippen LogP) is 3.41. The van der Waals surface area contributed by atoms with E-state index in [4.69, 9.17) is 4.74 Å². The number of rotatable bonds is 7. The van der Waals surface area contributed by atoms with Gasteiger partial charge in [0.1, 0.15) is 5.75 Å². The second-order valence-electron chi connectivity index (χ2n) is 4.50. The molecule has 0 saturated heterocycles. The Morgan fingerprint density at radius 2 is 1.82 bits per heavy atom. The Balaban J connectivity index is 2.33. The highest BCUT2D eigenvalue weighted by molar-refractivity contribution is 5.35. The number of benzene rings is 1. The third-order valence-electron chi connectivity index (χ3n) is 3.11. The van der Waals surface area contributed by atoms with Gasteiger partial charge >= 0.3 is 0 Å². The molecule has 17 heavy (non-hydrogen) atoms. The van der Waals surface area contributed by atoms with Crippen LogP contribution in [0.4, 0.5) is 0 Å². The van der Waals surface area contributed by atoms with E-state index in [9.17, 15) is 0 Å². The fraction of sp³-hybridized carbons (Fsp3) is 0.600. The first-order valence-electron chi connectivity index (χ1n) is 6.59. The molecule has 0 aliphatic heterocycles. The van der Waals surface area contributed by atoms with Crippen molar-refractivity contribution in [3.63, 3.8) is 0 Å². The third-order valence-corrected chi connectivity index (χ3v) is 3.11. The van der Waals surface area contributed by atoms with Crippen molar-refractivity contribution in [1.29, 1.82) is 0 Å². The first-order valence-corrected chi connectivity index (χ1v) is 6.59. The van der Waals surface area contributed by atoms with Crippen LogP contribution in [0.2, 0.25) is 0 Å². The minimum Gasteiger partial charge on any atom is -0.493 e. The van der Waals surface area contributed by atoms with Gasteiger partial charge in [0.25, 0.3) is 0 Å². The van der Waals surface area contributed by atoms with Gasteiger partial charge in [-0.15, -0.1) is 0 Å². The fourth-order valence-corrected chi connectivity index (χ4v) is 1.87. The van der Waals surface area contributed by atoms with Gasteiger partial charge in [0.05, 0.1) is 6.61 Å². The lowest BCUT2D eigenvalue weighted by Crippen LogP contribution is -2.25. The molecule has 2 nitrogen and oxygen atoms in total. The van der Waals surface area contributed by atoms with E-state index in [0.29, 0.717) is 0 Å². The molecule has 1 aromatic rings. The molecule has 0 saturated carbocycles. The van der Waals surface area contributed by atoms with Gasteiger partial charge in [-0.3, -0.25) is 0 Å². The molecule has 0 N–H and O–H groups in total. The van der Waals surface area contributed by atoms with Crippen molar-refractivity contribution in [3.8, 4) is 5.75 Å². The van der Waals surface area contributed by atoms with Crippen LogP contribution in [0.25, 0.3) is 0 Å². The quantitative estimate of drug-likeness (QED) is 0.671. The lowest BCUT2D eigenvalue weighted by molar-refractivity contribution is 0.248. The van der Waals surface area contributed by atoms with E-state index in [1.807, 2.05) is 0 Å². The molecule has 1 aromatic carbocycles. The van der Waals surface area contributed by atoms with Crippen molar-refractivity contribution in [3.05, 3.63) is 29.3 Å². The Morgan fingerprint density at radius 3 is 2.47 bits per heavy atom. The molecule has 0 atom stereocenters. The van der Waals surface area contributed by atoms with Crippen molar-refractivity contribution < 1.29 is 4.74 Å². The van der Waals surface area contributed by atoms with Gasteiger partial charge in [-0.05, 0) is 50.6 Å². The van der Waals surface area contributed by atoms with Crippen LogP contribution < -0.4 is 4.74 Å². The van der Waals surface area contributed by atoms with Gasteiger partial charge in [-0.25, -0.2) is 0 Å². The Labute approximate surface area is 106 Å². The third kappa shape index (κ3) is 4.78. The molecule has 0 radical (unpaired) electrons. The van der Waals surface area contributed by atoms with Crippen molar-refractivity contribution in [2.24, 2.45) is 0 Å². The summed E-state index contributed by atoms with van der Waals surface area (Å²) in [6.07, 6.45) is 1.09. The molecule has 1 rings (SSSR count). The van der Waals surface area contributed by atoms with Crippen LogP contribution in [0.5, 0.6) is 5.75 Å². The Kier molecular flexibility index (Phi) is 6.06. The number of hydrogen-bond acceptors (Lipinski definition) is 2. The van der Waals surface area contributed by atoms with Gasteiger partial charge in [0, 0.05) is 6.54 Å². The normalized spacial score (nSPS) is 10.9. The second-order valence-corrected chi connectivity index (χ2v) is 4.50. The number of ether oxygens (including phenoxy) is 1. The van der Waals surface area contributed by atoms with Gasteiger partial charge in [0.2, 0.25) is 0 Å². The van der Waals surface area contributed by atoms with Crippen molar-refractivity contribution >= 4 is 0 Å². The predicted molar refractivity (Wildman–Crippen MR) is 73.8 cm³/mol. The van der Waals surface area contributed by atoms with E-state index in [0.717, 1.165) is 38.4 Å². The SMILES string of the molecule is CCN(CC)CCCOc1cc(C)ccc1C. The summed E-state index contributed by atoms with van der Waals surface area (Å²) in [6, 6.07) is 6.36. The monoisotopic (exact) mass is 235 g/mol. The van der Waals surface area contributed by atoms with Crippen LogP contribution in [0.15, 0.2) is 18.2 Å². The standard InChI is InChI=1S/C15H25NO/c1-5-16(6-2)10-7-11-17-15-12-13(3)8-9-14(15)4/h8-9,12H,5-7,10-11H2,1-4H3. The van der Waals surface area contributed by atoms with Gasteiger partial charge in [-0.1, -0.05) is 26.0 Å². The average Bonchev–Trinajstić information content (AvgIpc) is 2.33. The molecular weight excluding hydrogens is 210 g/mol. The van der Waals surface area contributed by atoms with E-state index in [1.165, 1.54) is 11.1 Å². The zero-order chi connectivity index (χ0) is 12.7. The summed E-state index contributed by atoms with van der Waals surface area (Å²) >= 11 is 0. The van der Waals surface area contributed by atoms with Crippen LogP contribution >= 0.6 is 0 Å². The number of nitrogens with zero attached hydrogens (tertiary/aromatic N) is 1. The molecule has 96 valence electrons. The van der Waals surface area contributed by atoms with Crippen molar-refractivity contribution in [2.75, 3.05) is 26.2 Å². The zero-order valence-electron chi connectivity index (χ0n) is 11.6. The Hall–Kier alpha value is -1.02. The van der Waals surface area contributed by atoms with Gasteiger partial charge in [-0.2, -0.15) is 0 Å². The maximum Gasteiger partial charge on any atom is 0.122 e. The molecule has 0 aromatic heterocycles. The summed E-state index contributed by atoms with van der Waals surface area (Å²) in [6.45, 7) is 12.8. The molecule has 0 spiro atoms. The van der Waals surface area contributed by atoms with E-state index in [2.05, 4.69) is 50.8 Å². The van der Waals surface area contributed by atoms with Crippen molar-refractivity contribution in [1.82, 2.24) is 4.90 Å². The molecule has 0 heterocycles. The average molecular weight is 235 g/mol. The zero-order valence-corrected chi connectivity index (χ0v) is 11.6. The summed E-state index contributed by atoms with van der Waals surface area (Å²) in [5, 5.41) is 0. The summed E-state index contributed by atoms with van der Waals surface area (Å²) in [5.74, 6) is 1.03. The van der Waals surface area contributed by atoms with Crippen molar-refractivity contribution in [2.45, 2.75) is 34.1 Å². The molecule has 0 bridgehead atoms. The summed E-state index contributed by atoms with van der Waals surface area (Å²) < 4.78 is 5.83. The first kappa shape index (κ1) is 14.0.